The first-order valence-corrected chi connectivity index (χ1v) is 10.4. The number of hydrogen-bond donors (Lipinski definition) is 1. The molecule has 3 aromatic carbocycles. The van der Waals surface area contributed by atoms with Crippen molar-refractivity contribution in [2.45, 2.75) is 5.92 Å². The highest BCUT2D eigenvalue weighted by Crippen LogP contribution is 2.43. The maximum atomic E-state index is 13.4. The molecule has 0 saturated carbocycles. The van der Waals surface area contributed by atoms with E-state index < -0.39 is 17.7 Å². The topological polar surface area (TPSA) is 85.3 Å². The molecule has 1 heterocycles. The number of nitrogens with zero attached hydrogens (tertiary/aromatic N) is 1. The second kappa shape index (κ2) is 9.37. The van der Waals surface area contributed by atoms with Crippen molar-refractivity contribution in [3.05, 3.63) is 111 Å². The monoisotopic (exact) mass is 480 g/mol. The third-order valence-corrected chi connectivity index (χ3v) is 5.54. The molecule has 5 nitrogen and oxygen atoms in total. The lowest BCUT2D eigenvalue weighted by Gasteiger charge is -2.26. The van der Waals surface area contributed by atoms with E-state index in [9.17, 15) is 14.4 Å². The number of carbonyl (C=O) groups is 1. The van der Waals surface area contributed by atoms with Crippen LogP contribution >= 0.6 is 23.2 Å². The van der Waals surface area contributed by atoms with Crippen LogP contribution in [0.4, 0.5) is 4.39 Å². The van der Waals surface area contributed by atoms with Crippen molar-refractivity contribution >= 4 is 35.2 Å². The van der Waals surface area contributed by atoms with E-state index in [1.807, 2.05) is 0 Å². The third kappa shape index (κ3) is 4.85. The van der Waals surface area contributed by atoms with Crippen LogP contribution in [0.25, 0.3) is 6.08 Å². The van der Waals surface area contributed by atoms with E-state index in [4.69, 9.17) is 38.4 Å². The molecule has 0 amide bonds. The molecule has 0 radical (unpaired) electrons. The Morgan fingerprint density at radius 3 is 2.58 bits per heavy atom. The summed E-state index contributed by atoms with van der Waals surface area (Å²) in [6, 6.07) is 17.5. The zero-order chi connectivity index (χ0) is 23.5. The number of halogens is 3. The fourth-order valence-electron chi connectivity index (χ4n) is 3.44. The van der Waals surface area contributed by atoms with Gasteiger partial charge in [0.25, 0.3) is 0 Å². The van der Waals surface area contributed by atoms with Gasteiger partial charge in [-0.1, -0.05) is 47.5 Å². The first-order valence-electron chi connectivity index (χ1n) is 9.67. The van der Waals surface area contributed by atoms with E-state index in [1.54, 1.807) is 42.5 Å². The summed E-state index contributed by atoms with van der Waals surface area (Å²) in [5, 5.41) is 10.5. The predicted octanol–water partition coefficient (Wildman–Crippen LogP) is 5.97. The van der Waals surface area contributed by atoms with Gasteiger partial charge < -0.3 is 15.2 Å². The molecular formula is C25H15Cl2FN2O3. The molecule has 164 valence electrons. The Labute approximate surface area is 199 Å². The van der Waals surface area contributed by atoms with E-state index >= 15 is 0 Å². The summed E-state index contributed by atoms with van der Waals surface area (Å²) < 4.78 is 24.4. The lowest BCUT2D eigenvalue weighted by atomic mass is 9.83. The van der Waals surface area contributed by atoms with Crippen molar-refractivity contribution in [1.29, 1.82) is 5.26 Å². The van der Waals surface area contributed by atoms with Gasteiger partial charge in [0.05, 0.1) is 5.92 Å². The van der Waals surface area contributed by atoms with Gasteiger partial charge in [0.15, 0.2) is 0 Å². The largest absolute Gasteiger partial charge is 0.440 e. The summed E-state index contributed by atoms with van der Waals surface area (Å²) in [4.78, 5) is 12.3. The van der Waals surface area contributed by atoms with Crippen molar-refractivity contribution in [1.82, 2.24) is 0 Å². The minimum absolute atomic E-state index is 0.0694. The fourth-order valence-corrected chi connectivity index (χ4v) is 3.91. The summed E-state index contributed by atoms with van der Waals surface area (Å²) in [7, 11) is 0. The lowest BCUT2D eigenvalue weighted by Crippen LogP contribution is -2.21. The van der Waals surface area contributed by atoms with Gasteiger partial charge in [0, 0.05) is 27.8 Å². The molecule has 1 aliphatic rings. The highest BCUT2D eigenvalue weighted by Gasteiger charge is 2.31. The summed E-state index contributed by atoms with van der Waals surface area (Å²) in [6.07, 6.45) is 2.75. The van der Waals surface area contributed by atoms with Gasteiger partial charge in [0.2, 0.25) is 5.88 Å². The maximum absolute atomic E-state index is 13.4. The van der Waals surface area contributed by atoms with Gasteiger partial charge in [-0.25, -0.2) is 9.18 Å². The van der Waals surface area contributed by atoms with Crippen LogP contribution in [-0.2, 0) is 4.79 Å². The highest BCUT2D eigenvalue weighted by molar-refractivity contribution is 6.35. The number of nitrogens with two attached hydrogens (primary N) is 1. The Kier molecular flexibility index (Phi) is 6.36. The number of ether oxygens (including phenoxy) is 2. The second-order valence-electron chi connectivity index (χ2n) is 7.10. The quantitative estimate of drug-likeness (QED) is 0.282. The number of fused-ring (bicyclic) bond motifs is 1. The molecule has 0 spiro atoms. The molecule has 0 fully saturated rings. The third-order valence-electron chi connectivity index (χ3n) is 4.97. The maximum Gasteiger partial charge on any atom is 0.336 e. The number of allylic oxidation sites excluding steroid dienone is 1. The van der Waals surface area contributed by atoms with Crippen molar-refractivity contribution in [3.8, 4) is 17.6 Å². The zero-order valence-corrected chi connectivity index (χ0v) is 18.4. The van der Waals surface area contributed by atoms with Crippen molar-refractivity contribution < 1.29 is 18.7 Å². The molecular weight excluding hydrogens is 466 g/mol. The van der Waals surface area contributed by atoms with Crippen LogP contribution in [0.3, 0.4) is 0 Å². The normalized spacial score (nSPS) is 15.0. The van der Waals surface area contributed by atoms with Gasteiger partial charge in [-0.05, 0) is 47.5 Å². The highest BCUT2D eigenvalue weighted by atomic mass is 35.5. The van der Waals surface area contributed by atoms with E-state index in [2.05, 4.69) is 6.07 Å². The molecule has 0 saturated heterocycles. The number of carbonyl (C=O) groups excluding carboxylic acids is 1. The number of nitriles is 1. The first-order chi connectivity index (χ1) is 15.9. The van der Waals surface area contributed by atoms with E-state index in [0.717, 1.165) is 0 Å². The Morgan fingerprint density at radius 2 is 1.88 bits per heavy atom. The molecule has 2 N–H and O–H groups in total. The van der Waals surface area contributed by atoms with Crippen LogP contribution in [0.15, 0.2) is 78.2 Å². The van der Waals surface area contributed by atoms with Crippen molar-refractivity contribution in [2.24, 2.45) is 5.73 Å². The van der Waals surface area contributed by atoms with Gasteiger partial charge in [-0.2, -0.15) is 5.26 Å². The molecule has 1 atom stereocenters. The molecule has 0 bridgehead atoms. The Bertz CT molecular complexity index is 1340. The van der Waals surface area contributed by atoms with Gasteiger partial charge >= 0.3 is 5.97 Å². The van der Waals surface area contributed by atoms with E-state index in [-0.39, 0.29) is 17.2 Å². The van der Waals surface area contributed by atoms with Crippen molar-refractivity contribution in [2.75, 3.05) is 0 Å². The molecule has 3 aromatic rings. The summed E-state index contributed by atoms with van der Waals surface area (Å²) >= 11 is 12.0. The average Bonchev–Trinajstić information content (AvgIpc) is 2.78. The second-order valence-corrected chi connectivity index (χ2v) is 7.94. The molecule has 0 aromatic heterocycles. The molecule has 1 unspecified atom stereocenters. The summed E-state index contributed by atoms with van der Waals surface area (Å²) in [6.45, 7) is 0. The molecule has 4 rings (SSSR count). The van der Waals surface area contributed by atoms with Crippen LogP contribution in [-0.4, -0.2) is 5.97 Å². The van der Waals surface area contributed by atoms with Gasteiger partial charge in [0.1, 0.15) is 29.0 Å². The SMILES string of the molecule is N#CC1=C(N)Oc2cc(OC(=O)/C=C/c3ccc(Cl)cc3Cl)ccc2C1c1ccc(F)cc1. The number of hydrogen-bond acceptors (Lipinski definition) is 5. The van der Waals surface area contributed by atoms with Gasteiger partial charge in [-0.3, -0.25) is 0 Å². The smallest absolute Gasteiger partial charge is 0.336 e. The Morgan fingerprint density at radius 1 is 1.12 bits per heavy atom. The Hall–Kier alpha value is -3.79. The lowest BCUT2D eigenvalue weighted by molar-refractivity contribution is -0.128. The molecule has 0 aliphatic carbocycles. The van der Waals surface area contributed by atoms with E-state index in [0.29, 0.717) is 32.5 Å². The van der Waals surface area contributed by atoms with Gasteiger partial charge in [-0.15, -0.1) is 0 Å². The first kappa shape index (κ1) is 22.4. The number of rotatable bonds is 4. The molecule has 33 heavy (non-hydrogen) atoms. The zero-order valence-electron chi connectivity index (χ0n) is 16.9. The fraction of sp³-hybridized carbons (Fsp3) is 0.0400. The molecule has 8 heteroatoms. The minimum atomic E-state index is -0.631. The summed E-state index contributed by atoms with van der Waals surface area (Å²) in [5.74, 6) is -1.09. The number of benzene rings is 3. The van der Waals surface area contributed by atoms with Crippen LogP contribution < -0.4 is 15.2 Å². The Balaban J connectivity index is 1.59. The predicted molar refractivity (Wildman–Crippen MR) is 123 cm³/mol. The van der Waals surface area contributed by atoms with Crippen LogP contribution in [0.2, 0.25) is 10.0 Å². The minimum Gasteiger partial charge on any atom is -0.440 e. The van der Waals surface area contributed by atoms with E-state index in [1.165, 1.54) is 30.4 Å². The van der Waals surface area contributed by atoms with Crippen molar-refractivity contribution in [3.63, 3.8) is 0 Å². The van der Waals surface area contributed by atoms with Crippen LogP contribution in [0, 0.1) is 17.1 Å². The van der Waals surface area contributed by atoms with Crippen LogP contribution in [0.5, 0.6) is 11.5 Å². The number of esters is 1. The summed E-state index contributed by atoms with van der Waals surface area (Å²) in [5.41, 5.74) is 8.10. The van der Waals surface area contributed by atoms with Crippen LogP contribution in [0.1, 0.15) is 22.6 Å². The standard InChI is InChI=1S/C25H15Cl2FN2O3/c26-16-5-1-14(21(27)11-16)4-10-23(31)32-18-8-9-19-22(12-18)33-25(30)20(13-29)24(19)15-2-6-17(28)7-3-15/h1-12,24H,30H2/b10-4+. The molecule has 1 aliphatic heterocycles. The average molecular weight is 481 g/mol.